The fourth-order valence-corrected chi connectivity index (χ4v) is 3.13. The molecule has 1 saturated heterocycles. The molecule has 0 aromatic heterocycles. The van der Waals surface area contributed by atoms with Crippen LogP contribution in [-0.2, 0) is 4.74 Å². The van der Waals surface area contributed by atoms with Crippen LogP contribution in [0.25, 0.3) is 10.8 Å². The summed E-state index contributed by atoms with van der Waals surface area (Å²) in [6, 6.07) is 15.0. The highest BCUT2D eigenvalue weighted by atomic mass is 35.5. The first kappa shape index (κ1) is 18.1. The smallest absolute Gasteiger partial charge is 0.127 e. The molecule has 0 saturated carbocycles. The predicted molar refractivity (Wildman–Crippen MR) is 97.8 cm³/mol. The van der Waals surface area contributed by atoms with Gasteiger partial charge in [-0.3, -0.25) is 4.90 Å². The molecule has 0 aliphatic carbocycles. The molecule has 126 valence electrons. The van der Waals surface area contributed by atoms with Crippen molar-refractivity contribution in [1.82, 2.24) is 4.90 Å². The van der Waals surface area contributed by atoms with Gasteiger partial charge in [-0.05, 0) is 44.3 Å². The molecule has 1 aliphatic rings. The minimum absolute atomic E-state index is 0. The number of halogens is 1. The van der Waals surface area contributed by atoms with Gasteiger partial charge in [0, 0.05) is 12.0 Å². The van der Waals surface area contributed by atoms with Crippen LogP contribution in [0.1, 0.15) is 19.8 Å². The van der Waals surface area contributed by atoms with Crippen molar-refractivity contribution in [2.45, 2.75) is 25.8 Å². The first-order valence-corrected chi connectivity index (χ1v) is 8.31. The lowest BCUT2D eigenvalue weighted by Gasteiger charge is -2.27. The van der Waals surface area contributed by atoms with Crippen LogP contribution in [0.4, 0.5) is 0 Å². The average Bonchev–Trinajstić information content (AvgIpc) is 3.09. The molecule has 1 atom stereocenters. The molecule has 0 bridgehead atoms. The number of hydrogen-bond acceptors (Lipinski definition) is 3. The van der Waals surface area contributed by atoms with Crippen molar-refractivity contribution < 1.29 is 9.47 Å². The number of rotatable bonds is 7. The zero-order valence-electron chi connectivity index (χ0n) is 13.7. The first-order valence-electron chi connectivity index (χ1n) is 8.31. The largest absolute Gasteiger partial charge is 0.491 e. The van der Waals surface area contributed by atoms with Gasteiger partial charge in [0.25, 0.3) is 0 Å². The fraction of sp³-hybridized carbons (Fsp3) is 0.474. The minimum atomic E-state index is 0. The quantitative estimate of drug-likeness (QED) is 0.759. The number of nitrogens with zero attached hydrogens (tertiary/aromatic N) is 1. The molecule has 1 heterocycles. The Morgan fingerprint density at radius 3 is 2.52 bits per heavy atom. The number of hydrogen-bond donors (Lipinski definition) is 0. The van der Waals surface area contributed by atoms with Gasteiger partial charge in [0.2, 0.25) is 0 Å². The minimum Gasteiger partial charge on any atom is -0.491 e. The highest BCUT2D eigenvalue weighted by Crippen LogP contribution is 2.25. The molecule has 4 heteroatoms. The summed E-state index contributed by atoms with van der Waals surface area (Å²) in [7, 11) is 0. The summed E-state index contributed by atoms with van der Waals surface area (Å²) in [5, 5.41) is 2.41. The Balaban J connectivity index is 0.00000192. The van der Waals surface area contributed by atoms with Gasteiger partial charge in [-0.25, -0.2) is 0 Å². The van der Waals surface area contributed by atoms with Gasteiger partial charge in [0.05, 0.1) is 12.6 Å². The van der Waals surface area contributed by atoms with Gasteiger partial charge in [-0.15, -0.1) is 12.4 Å². The maximum Gasteiger partial charge on any atom is 0.127 e. The number of likely N-dealkylation sites (tertiary alicyclic amines) is 1. The topological polar surface area (TPSA) is 21.7 Å². The Kier molecular flexibility index (Phi) is 7.15. The third kappa shape index (κ3) is 4.60. The van der Waals surface area contributed by atoms with E-state index in [4.69, 9.17) is 9.47 Å². The maximum absolute atomic E-state index is 6.17. The zero-order chi connectivity index (χ0) is 15.2. The Morgan fingerprint density at radius 2 is 1.74 bits per heavy atom. The van der Waals surface area contributed by atoms with Crippen LogP contribution in [0.2, 0.25) is 0 Å². The number of benzene rings is 2. The van der Waals surface area contributed by atoms with Gasteiger partial charge in [0.15, 0.2) is 0 Å². The summed E-state index contributed by atoms with van der Waals surface area (Å²) in [4.78, 5) is 2.50. The molecule has 3 rings (SSSR count). The van der Waals surface area contributed by atoms with Gasteiger partial charge < -0.3 is 9.47 Å². The molecule has 23 heavy (non-hydrogen) atoms. The third-order valence-electron chi connectivity index (χ3n) is 4.35. The lowest BCUT2D eigenvalue weighted by Crippen LogP contribution is -2.41. The SMILES string of the molecule is CCOCC(COc1cccc2ccccc12)N1CCCC1.Cl. The van der Waals surface area contributed by atoms with Gasteiger partial charge in [-0.2, -0.15) is 0 Å². The highest BCUT2D eigenvalue weighted by molar-refractivity contribution is 5.88. The zero-order valence-corrected chi connectivity index (χ0v) is 14.6. The van der Waals surface area contributed by atoms with Crippen LogP contribution in [0, 0.1) is 0 Å². The number of fused-ring (bicyclic) bond motifs is 1. The summed E-state index contributed by atoms with van der Waals surface area (Å²) in [6.07, 6.45) is 2.58. The molecule has 1 aliphatic heterocycles. The van der Waals surface area contributed by atoms with E-state index in [1.54, 1.807) is 0 Å². The summed E-state index contributed by atoms with van der Waals surface area (Å²) in [5.74, 6) is 0.971. The van der Waals surface area contributed by atoms with Crippen LogP contribution < -0.4 is 4.74 Å². The van der Waals surface area contributed by atoms with Crippen molar-refractivity contribution >= 4 is 23.2 Å². The Labute approximate surface area is 145 Å². The van der Waals surface area contributed by atoms with Gasteiger partial charge >= 0.3 is 0 Å². The van der Waals surface area contributed by atoms with Crippen molar-refractivity contribution in [2.75, 3.05) is 32.9 Å². The summed E-state index contributed by atoms with van der Waals surface area (Å²) >= 11 is 0. The van der Waals surface area contributed by atoms with Crippen LogP contribution in [0.15, 0.2) is 42.5 Å². The van der Waals surface area contributed by atoms with Crippen LogP contribution in [0.5, 0.6) is 5.75 Å². The summed E-state index contributed by atoms with van der Waals surface area (Å²) < 4.78 is 11.8. The Morgan fingerprint density at radius 1 is 1.00 bits per heavy atom. The fourth-order valence-electron chi connectivity index (χ4n) is 3.13. The molecule has 0 amide bonds. The van der Waals surface area contributed by atoms with E-state index in [0.717, 1.165) is 32.1 Å². The average molecular weight is 336 g/mol. The molecule has 2 aromatic rings. The lowest BCUT2D eigenvalue weighted by atomic mass is 10.1. The van der Waals surface area contributed by atoms with E-state index >= 15 is 0 Å². The normalized spacial score (nSPS) is 16.2. The first-order chi connectivity index (χ1) is 10.9. The van der Waals surface area contributed by atoms with E-state index in [1.807, 2.05) is 6.92 Å². The van der Waals surface area contributed by atoms with E-state index < -0.39 is 0 Å². The molecule has 1 fully saturated rings. The molecular weight excluding hydrogens is 310 g/mol. The predicted octanol–water partition coefficient (Wildman–Crippen LogP) is 4.14. The molecule has 0 N–H and O–H groups in total. The third-order valence-corrected chi connectivity index (χ3v) is 4.35. The summed E-state index contributed by atoms with van der Waals surface area (Å²) in [5.41, 5.74) is 0. The maximum atomic E-state index is 6.17. The molecule has 3 nitrogen and oxygen atoms in total. The standard InChI is InChI=1S/C19H25NO2.ClH/c1-2-21-14-17(20-12-5-6-13-20)15-22-19-11-7-9-16-8-3-4-10-18(16)19;/h3-4,7-11,17H,2,5-6,12-15H2,1H3;1H. The molecule has 2 aromatic carbocycles. The van der Waals surface area contributed by atoms with E-state index in [-0.39, 0.29) is 12.4 Å². The molecule has 1 unspecified atom stereocenters. The second-order valence-corrected chi connectivity index (χ2v) is 5.84. The Hall–Kier alpha value is -1.29. The number of ether oxygens (including phenoxy) is 2. The van der Waals surface area contributed by atoms with E-state index in [2.05, 4.69) is 47.4 Å². The monoisotopic (exact) mass is 335 g/mol. The van der Waals surface area contributed by atoms with Crippen molar-refractivity contribution in [2.24, 2.45) is 0 Å². The van der Waals surface area contributed by atoms with Gasteiger partial charge in [-0.1, -0.05) is 36.4 Å². The lowest BCUT2D eigenvalue weighted by molar-refractivity contribution is 0.0524. The van der Waals surface area contributed by atoms with Crippen LogP contribution in [0.3, 0.4) is 0 Å². The molecule has 0 spiro atoms. The second kappa shape index (κ2) is 9.11. The molecular formula is C19H26ClNO2. The highest BCUT2D eigenvalue weighted by Gasteiger charge is 2.22. The summed E-state index contributed by atoms with van der Waals surface area (Å²) in [6.45, 7) is 6.58. The van der Waals surface area contributed by atoms with E-state index in [1.165, 1.54) is 23.6 Å². The van der Waals surface area contributed by atoms with Gasteiger partial charge in [0.1, 0.15) is 12.4 Å². The van der Waals surface area contributed by atoms with Crippen LogP contribution >= 0.6 is 12.4 Å². The Bertz CT molecular complexity index is 593. The van der Waals surface area contributed by atoms with E-state index in [0.29, 0.717) is 12.6 Å². The van der Waals surface area contributed by atoms with Crippen molar-refractivity contribution in [3.05, 3.63) is 42.5 Å². The van der Waals surface area contributed by atoms with Crippen molar-refractivity contribution in [1.29, 1.82) is 0 Å². The second-order valence-electron chi connectivity index (χ2n) is 5.84. The van der Waals surface area contributed by atoms with Crippen molar-refractivity contribution in [3.8, 4) is 5.75 Å². The van der Waals surface area contributed by atoms with Crippen LogP contribution in [-0.4, -0.2) is 43.9 Å². The van der Waals surface area contributed by atoms with Crippen molar-refractivity contribution in [3.63, 3.8) is 0 Å². The van der Waals surface area contributed by atoms with E-state index in [9.17, 15) is 0 Å². The molecule has 0 radical (unpaired) electrons.